The fraction of sp³-hybridized carbons (Fsp3) is 0.926. The normalized spacial score (nSPS) is 56.4. The molecule has 9 fully saturated rings. The van der Waals surface area contributed by atoms with E-state index in [0.29, 0.717) is 19.3 Å². The quantitative estimate of drug-likeness (QED) is 0.0488. The fourth-order valence-electron chi connectivity index (χ4n) is 16.9. The molecule has 10 unspecified atom stereocenters. The number of carboxylic acids is 1. The molecule has 29 atom stereocenters. The molecule has 77 heavy (non-hydrogen) atoms. The standard InChI is InChI=1S/C54H84O23/c1-23-33(58)36(61)39(64)44(71-23)77-42-46(72-24(19-55)16-54(42,68)70-21-28-35(60)34(59)27(57)20-69-28)76-41-38(63)37(62)40(43(65)66)75-45(41)73-31-11-12-50(4)29(51(31,5)22-56)10-13-53(7)30(50)9-8-25-26-17-48(2)18-32(74-47(48)67)49(26,3)14-15-52(25,53)6/h8,23-24,26-42,44-46,55-64,68H,9-22H2,1-7H3,(H,65,66)/t23-,24?,26?,27+,28-,29?,30?,31-,32?,33-,34-,35-,36+,37-,38-,39+,40?,41+,42?,44?,45?,46?,48+,49+,50-,51+,52+,53+,54-/m0/s1. The Morgan fingerprint density at radius 3 is 2.14 bits per heavy atom. The number of ether oxygens (including phenoxy) is 9. The molecular formula is C54H84O23. The molecule has 0 amide bonds. The van der Waals surface area contributed by atoms with Crippen molar-refractivity contribution in [2.24, 2.45) is 50.2 Å². The van der Waals surface area contributed by atoms with Crippen LogP contribution in [0.3, 0.4) is 0 Å². The van der Waals surface area contributed by atoms with Crippen LogP contribution in [0.15, 0.2) is 11.6 Å². The number of fused-ring (bicyclic) bond motifs is 10. The van der Waals surface area contributed by atoms with Crippen molar-refractivity contribution in [1.82, 2.24) is 0 Å². The highest BCUT2D eigenvalue weighted by molar-refractivity contribution is 5.79. The summed E-state index contributed by atoms with van der Waals surface area (Å²) >= 11 is 0. The molecule has 23 nitrogen and oxygen atoms in total. The minimum atomic E-state index is -2.70. The summed E-state index contributed by atoms with van der Waals surface area (Å²) in [5, 5.41) is 132. The number of aliphatic carboxylic acids is 1. The smallest absolute Gasteiger partial charge is 0.335 e. The van der Waals surface area contributed by atoms with Crippen LogP contribution in [0, 0.1) is 50.2 Å². The lowest BCUT2D eigenvalue weighted by atomic mass is 9.33. The first kappa shape index (κ1) is 58.1. The lowest BCUT2D eigenvalue weighted by Gasteiger charge is -2.71. The van der Waals surface area contributed by atoms with Gasteiger partial charge in [-0.3, -0.25) is 4.79 Å². The first-order valence-corrected chi connectivity index (χ1v) is 27.8. The lowest BCUT2D eigenvalue weighted by molar-refractivity contribution is -0.428. The highest BCUT2D eigenvalue weighted by Gasteiger charge is 2.72. The Morgan fingerprint density at radius 2 is 1.45 bits per heavy atom. The monoisotopic (exact) mass is 1100 g/mol. The van der Waals surface area contributed by atoms with Gasteiger partial charge in [-0.1, -0.05) is 46.3 Å². The topological polar surface area (TPSA) is 360 Å². The van der Waals surface area contributed by atoms with Crippen LogP contribution in [0.5, 0.6) is 0 Å². The van der Waals surface area contributed by atoms with Crippen LogP contribution in [0.1, 0.15) is 113 Å². The Balaban J connectivity index is 0.943. The SMILES string of the molecule is C[C@@H]1OC(OC2C(O[C@H]3C(O[C@H]4CC[C@@]5(C)C(CC[C@]6(C)C5CC=C5C7C[C@]8(C)CC(OC8=O)[C@]7(C)CC[C@]56C)[C@@]4(C)CO)OC(C(=O)O)[C@@H](O)[C@@H]3O)OC(CO)C[C@]2(O)OC[C@@H]2OC[C@@H](O)[C@H](O)[C@H]2O)[C@H](O)[C@H](O)[C@H]1O. The summed E-state index contributed by atoms with van der Waals surface area (Å²) in [5.41, 5.74) is -0.929. The molecule has 0 radical (unpaired) electrons. The molecule has 5 aliphatic carbocycles. The van der Waals surface area contributed by atoms with Crippen molar-refractivity contribution in [3.05, 3.63) is 11.6 Å². The van der Waals surface area contributed by atoms with Gasteiger partial charge in [-0.05, 0) is 99.2 Å². The Labute approximate surface area is 447 Å². The second-order valence-electron chi connectivity index (χ2n) is 26.2. The number of carbonyl (C=O) groups is 2. The molecule has 5 heterocycles. The van der Waals surface area contributed by atoms with Crippen molar-refractivity contribution < 1.29 is 113 Å². The zero-order chi connectivity index (χ0) is 55.9. The molecule has 12 N–H and O–H groups in total. The number of hydrogen-bond donors (Lipinski definition) is 12. The van der Waals surface area contributed by atoms with E-state index >= 15 is 0 Å². The molecule has 10 aliphatic rings. The highest BCUT2D eigenvalue weighted by atomic mass is 16.8. The summed E-state index contributed by atoms with van der Waals surface area (Å²) in [6.07, 6.45) is -22.6. The van der Waals surface area contributed by atoms with E-state index in [1.165, 1.54) is 12.5 Å². The number of hydrogen-bond acceptors (Lipinski definition) is 22. The number of carbonyl (C=O) groups excluding carboxylic acids is 1. The molecule has 0 aromatic carbocycles. The van der Waals surface area contributed by atoms with Gasteiger partial charge in [0.05, 0.1) is 50.2 Å². The van der Waals surface area contributed by atoms with Gasteiger partial charge in [0, 0.05) is 23.7 Å². The van der Waals surface area contributed by atoms with E-state index < -0.39 is 159 Å². The third-order valence-corrected chi connectivity index (χ3v) is 22.0. The van der Waals surface area contributed by atoms with Crippen LogP contribution in [0.2, 0.25) is 0 Å². The van der Waals surface area contributed by atoms with Gasteiger partial charge in [-0.2, -0.15) is 0 Å². The van der Waals surface area contributed by atoms with Crippen LogP contribution < -0.4 is 0 Å². The summed E-state index contributed by atoms with van der Waals surface area (Å²) in [6.45, 7) is 12.5. The minimum Gasteiger partial charge on any atom is -0.479 e. The lowest BCUT2D eigenvalue weighted by Crippen LogP contribution is -2.69. The third kappa shape index (κ3) is 9.02. The van der Waals surface area contributed by atoms with E-state index in [1.54, 1.807) is 0 Å². The van der Waals surface area contributed by atoms with Crippen molar-refractivity contribution in [3.8, 4) is 0 Å². The number of rotatable bonds is 12. The predicted molar refractivity (Wildman–Crippen MR) is 260 cm³/mol. The Kier molecular flexibility index (Phi) is 15.4. The molecule has 2 bridgehead atoms. The number of aliphatic hydroxyl groups is 11. The van der Waals surface area contributed by atoms with Gasteiger partial charge in [0.25, 0.3) is 0 Å². The Hall–Kier alpha value is -2.08. The summed E-state index contributed by atoms with van der Waals surface area (Å²) < 4.78 is 54.9. The van der Waals surface area contributed by atoms with Crippen LogP contribution in [-0.4, -0.2) is 222 Å². The van der Waals surface area contributed by atoms with E-state index in [1.807, 2.05) is 6.92 Å². The first-order valence-electron chi connectivity index (χ1n) is 27.8. The van der Waals surface area contributed by atoms with E-state index in [9.17, 15) is 70.9 Å². The number of aliphatic hydroxyl groups excluding tert-OH is 10. The van der Waals surface area contributed by atoms with Gasteiger partial charge in [0.2, 0.25) is 0 Å². The molecule has 0 aromatic heterocycles. The largest absolute Gasteiger partial charge is 0.479 e. The summed E-state index contributed by atoms with van der Waals surface area (Å²) in [5.74, 6) is -4.22. The molecule has 0 aromatic rings. The van der Waals surface area contributed by atoms with Gasteiger partial charge in [0.15, 0.2) is 36.9 Å². The molecule has 10 rings (SSSR count). The average molecular weight is 1100 g/mol. The maximum Gasteiger partial charge on any atom is 0.335 e. The molecule has 5 aliphatic heterocycles. The van der Waals surface area contributed by atoms with Gasteiger partial charge in [0.1, 0.15) is 67.1 Å². The number of esters is 1. The zero-order valence-corrected chi connectivity index (χ0v) is 45.0. The van der Waals surface area contributed by atoms with Crippen LogP contribution >= 0.6 is 0 Å². The number of allylic oxidation sites excluding steroid dienone is 2. The Morgan fingerprint density at radius 1 is 0.727 bits per heavy atom. The van der Waals surface area contributed by atoms with Gasteiger partial charge < -0.3 is 104 Å². The maximum absolute atomic E-state index is 13.3. The minimum absolute atomic E-state index is 0.0951. The molecule has 4 saturated carbocycles. The van der Waals surface area contributed by atoms with Gasteiger partial charge in [-0.25, -0.2) is 4.79 Å². The fourth-order valence-corrected chi connectivity index (χ4v) is 16.9. The summed E-state index contributed by atoms with van der Waals surface area (Å²) in [4.78, 5) is 26.0. The molecular weight excluding hydrogens is 1020 g/mol. The maximum atomic E-state index is 13.3. The molecule has 23 heteroatoms. The van der Waals surface area contributed by atoms with Crippen LogP contribution in [0.4, 0.5) is 0 Å². The molecule has 5 saturated heterocycles. The average Bonchev–Trinajstić information content (AvgIpc) is 3.87. The summed E-state index contributed by atoms with van der Waals surface area (Å²) in [7, 11) is 0. The van der Waals surface area contributed by atoms with Crippen LogP contribution in [-0.2, 0) is 52.2 Å². The second-order valence-corrected chi connectivity index (χ2v) is 26.2. The van der Waals surface area contributed by atoms with Gasteiger partial charge >= 0.3 is 11.9 Å². The van der Waals surface area contributed by atoms with Crippen molar-refractivity contribution in [2.45, 2.75) is 235 Å². The van der Waals surface area contributed by atoms with Crippen molar-refractivity contribution in [3.63, 3.8) is 0 Å². The van der Waals surface area contributed by atoms with E-state index in [2.05, 4.69) is 40.7 Å². The molecule has 438 valence electrons. The van der Waals surface area contributed by atoms with Crippen LogP contribution in [0.25, 0.3) is 0 Å². The van der Waals surface area contributed by atoms with Crippen molar-refractivity contribution >= 4 is 11.9 Å². The highest BCUT2D eigenvalue weighted by Crippen LogP contribution is 2.76. The second kappa shape index (κ2) is 20.4. The summed E-state index contributed by atoms with van der Waals surface area (Å²) in [6, 6.07) is 0. The van der Waals surface area contributed by atoms with E-state index in [0.717, 1.165) is 38.5 Å². The predicted octanol–water partition coefficient (Wildman–Crippen LogP) is -0.896. The van der Waals surface area contributed by atoms with Crippen molar-refractivity contribution in [1.29, 1.82) is 0 Å². The first-order chi connectivity index (χ1) is 36.0. The number of carboxylic acid groups (broad SMARTS) is 1. The third-order valence-electron chi connectivity index (χ3n) is 22.0. The Bertz CT molecular complexity index is 2240. The van der Waals surface area contributed by atoms with E-state index in [4.69, 9.17) is 42.6 Å². The van der Waals surface area contributed by atoms with E-state index in [-0.39, 0.29) is 58.1 Å². The van der Waals surface area contributed by atoms with Gasteiger partial charge in [-0.15, -0.1) is 0 Å². The zero-order valence-electron chi connectivity index (χ0n) is 45.0. The molecule has 0 spiro atoms. The van der Waals surface area contributed by atoms with Crippen molar-refractivity contribution in [2.75, 3.05) is 26.4 Å².